The summed E-state index contributed by atoms with van der Waals surface area (Å²) in [6.45, 7) is 4.67. The molecule has 0 radical (unpaired) electrons. The highest BCUT2D eigenvalue weighted by Gasteiger charge is 2.30. The maximum Gasteiger partial charge on any atom is 0.573 e. The fraction of sp³-hybridized carbons (Fsp3) is 0.538. The number of halogens is 4. The molecule has 0 aliphatic carbocycles. The summed E-state index contributed by atoms with van der Waals surface area (Å²) in [6, 6.07) is 5.97. The summed E-state index contributed by atoms with van der Waals surface area (Å²) in [5.74, 6) is 0.673. The third-order valence-corrected chi connectivity index (χ3v) is 3.03. The van der Waals surface area contributed by atoms with Crippen LogP contribution >= 0.6 is 11.6 Å². The minimum atomic E-state index is -4.65. The molecule has 108 valence electrons. The topological polar surface area (TPSA) is 21.3 Å². The molecule has 0 saturated heterocycles. The molecule has 1 unspecified atom stereocenters. The standard InChI is InChI=1S/C13H17ClF3NO/c1-9(2)12(7-14)18-8-10-3-5-11(6-4-10)19-13(15,16)17/h3-6,9,12,18H,7-8H2,1-2H3. The Hall–Kier alpha value is -0.940. The molecule has 0 amide bonds. The van der Waals surface area contributed by atoms with Crippen LogP contribution in [0.15, 0.2) is 24.3 Å². The van der Waals surface area contributed by atoms with Gasteiger partial charge >= 0.3 is 6.36 Å². The molecule has 0 heterocycles. The number of alkyl halides is 4. The van der Waals surface area contributed by atoms with Gasteiger partial charge in [0.1, 0.15) is 5.75 Å². The van der Waals surface area contributed by atoms with Gasteiger partial charge in [-0.2, -0.15) is 0 Å². The molecule has 2 nitrogen and oxygen atoms in total. The first kappa shape index (κ1) is 16.1. The second-order valence-electron chi connectivity index (χ2n) is 4.58. The van der Waals surface area contributed by atoms with Crippen LogP contribution < -0.4 is 10.1 Å². The van der Waals surface area contributed by atoms with E-state index in [0.29, 0.717) is 18.3 Å². The van der Waals surface area contributed by atoms with Crippen LogP contribution in [0.1, 0.15) is 19.4 Å². The molecule has 0 aliphatic heterocycles. The van der Waals surface area contributed by atoms with Crippen molar-refractivity contribution in [2.24, 2.45) is 5.92 Å². The lowest BCUT2D eigenvalue weighted by atomic mass is 10.1. The van der Waals surface area contributed by atoms with Crippen molar-refractivity contribution in [1.29, 1.82) is 0 Å². The zero-order chi connectivity index (χ0) is 14.5. The fourth-order valence-corrected chi connectivity index (χ4v) is 1.99. The van der Waals surface area contributed by atoms with Gasteiger partial charge in [0.05, 0.1) is 0 Å². The first-order valence-corrected chi connectivity index (χ1v) is 6.49. The molecule has 0 fully saturated rings. The molecule has 1 N–H and O–H groups in total. The lowest BCUT2D eigenvalue weighted by Gasteiger charge is -2.19. The largest absolute Gasteiger partial charge is 0.573 e. The van der Waals surface area contributed by atoms with Crippen molar-refractivity contribution in [2.45, 2.75) is 32.8 Å². The van der Waals surface area contributed by atoms with E-state index in [1.807, 2.05) is 0 Å². The van der Waals surface area contributed by atoms with Crippen LogP contribution in [0.3, 0.4) is 0 Å². The number of hydrogen-bond donors (Lipinski definition) is 1. The summed E-state index contributed by atoms with van der Waals surface area (Å²) >= 11 is 5.82. The monoisotopic (exact) mass is 295 g/mol. The average molecular weight is 296 g/mol. The van der Waals surface area contributed by atoms with E-state index in [-0.39, 0.29) is 11.8 Å². The summed E-state index contributed by atoms with van der Waals surface area (Å²) in [6.07, 6.45) is -4.65. The van der Waals surface area contributed by atoms with Crippen molar-refractivity contribution in [3.05, 3.63) is 29.8 Å². The molecule has 19 heavy (non-hydrogen) atoms. The number of rotatable bonds is 6. The quantitative estimate of drug-likeness (QED) is 0.803. The Morgan fingerprint density at radius 2 is 1.79 bits per heavy atom. The van der Waals surface area contributed by atoms with Crippen molar-refractivity contribution >= 4 is 11.6 Å². The molecular formula is C13H17ClF3NO. The highest BCUT2D eigenvalue weighted by molar-refractivity contribution is 6.18. The van der Waals surface area contributed by atoms with Crippen LogP contribution in [0.4, 0.5) is 13.2 Å². The predicted molar refractivity (Wildman–Crippen MR) is 69.3 cm³/mol. The Bertz CT molecular complexity index is 378. The molecule has 0 aromatic heterocycles. The van der Waals surface area contributed by atoms with Crippen LogP contribution in [0.5, 0.6) is 5.75 Å². The van der Waals surface area contributed by atoms with E-state index < -0.39 is 6.36 Å². The van der Waals surface area contributed by atoms with E-state index in [9.17, 15) is 13.2 Å². The van der Waals surface area contributed by atoms with E-state index in [0.717, 1.165) is 5.56 Å². The normalized spacial score (nSPS) is 13.6. The average Bonchev–Trinajstić information content (AvgIpc) is 2.29. The minimum absolute atomic E-state index is 0.174. The molecule has 1 atom stereocenters. The molecule has 0 aliphatic rings. The van der Waals surface area contributed by atoms with Crippen LogP contribution in [-0.4, -0.2) is 18.3 Å². The van der Waals surface area contributed by atoms with Crippen LogP contribution in [-0.2, 0) is 6.54 Å². The zero-order valence-electron chi connectivity index (χ0n) is 10.8. The molecular weight excluding hydrogens is 279 g/mol. The molecule has 1 aromatic rings. The highest BCUT2D eigenvalue weighted by atomic mass is 35.5. The van der Waals surface area contributed by atoms with E-state index in [4.69, 9.17) is 11.6 Å². The van der Waals surface area contributed by atoms with Crippen molar-refractivity contribution in [1.82, 2.24) is 5.32 Å². The Morgan fingerprint density at radius 1 is 1.21 bits per heavy atom. The predicted octanol–water partition coefficient (Wildman–Crippen LogP) is 3.94. The second-order valence-corrected chi connectivity index (χ2v) is 4.89. The third kappa shape index (κ3) is 6.16. The third-order valence-electron chi connectivity index (χ3n) is 2.70. The lowest BCUT2D eigenvalue weighted by Crippen LogP contribution is -2.34. The molecule has 6 heteroatoms. The number of nitrogens with one attached hydrogen (secondary N) is 1. The highest BCUT2D eigenvalue weighted by Crippen LogP contribution is 2.22. The Balaban J connectivity index is 2.53. The number of hydrogen-bond acceptors (Lipinski definition) is 2. The van der Waals surface area contributed by atoms with Gasteiger partial charge in [0.25, 0.3) is 0 Å². The van der Waals surface area contributed by atoms with Crippen LogP contribution in [0.25, 0.3) is 0 Å². The van der Waals surface area contributed by atoms with Crippen molar-refractivity contribution in [3.63, 3.8) is 0 Å². The Kier molecular flexibility index (Phi) is 5.94. The minimum Gasteiger partial charge on any atom is -0.406 e. The SMILES string of the molecule is CC(C)C(CCl)NCc1ccc(OC(F)(F)F)cc1. The molecule has 1 rings (SSSR count). The summed E-state index contributed by atoms with van der Waals surface area (Å²) in [5, 5.41) is 3.26. The summed E-state index contributed by atoms with van der Waals surface area (Å²) in [7, 11) is 0. The molecule has 0 bridgehead atoms. The van der Waals surface area contributed by atoms with E-state index in [1.165, 1.54) is 12.1 Å². The van der Waals surface area contributed by atoms with Gasteiger partial charge in [0.15, 0.2) is 0 Å². The smallest absolute Gasteiger partial charge is 0.406 e. The summed E-state index contributed by atoms with van der Waals surface area (Å²) < 4.78 is 39.7. The maximum absolute atomic E-state index is 12.0. The fourth-order valence-electron chi connectivity index (χ4n) is 1.53. The van der Waals surface area contributed by atoms with Gasteiger partial charge in [-0.25, -0.2) is 0 Å². The number of benzene rings is 1. The van der Waals surface area contributed by atoms with E-state index in [2.05, 4.69) is 23.9 Å². The Morgan fingerprint density at radius 3 is 2.21 bits per heavy atom. The molecule has 1 aromatic carbocycles. The van der Waals surface area contributed by atoms with Gasteiger partial charge in [0.2, 0.25) is 0 Å². The van der Waals surface area contributed by atoms with Gasteiger partial charge in [-0.05, 0) is 23.6 Å². The van der Waals surface area contributed by atoms with Crippen molar-refractivity contribution < 1.29 is 17.9 Å². The maximum atomic E-state index is 12.0. The van der Waals surface area contributed by atoms with Crippen molar-refractivity contribution in [3.8, 4) is 5.75 Å². The van der Waals surface area contributed by atoms with Crippen molar-refractivity contribution in [2.75, 3.05) is 5.88 Å². The molecule has 0 saturated carbocycles. The Labute approximate surface area is 115 Å². The zero-order valence-corrected chi connectivity index (χ0v) is 11.6. The van der Waals surface area contributed by atoms with Gasteiger partial charge in [-0.15, -0.1) is 24.8 Å². The van der Waals surface area contributed by atoms with E-state index in [1.54, 1.807) is 12.1 Å². The first-order valence-electron chi connectivity index (χ1n) is 5.96. The van der Waals surface area contributed by atoms with Gasteiger partial charge in [0, 0.05) is 18.5 Å². The second kappa shape index (κ2) is 7.01. The summed E-state index contributed by atoms with van der Waals surface area (Å²) in [4.78, 5) is 0. The first-order chi connectivity index (χ1) is 8.81. The van der Waals surface area contributed by atoms with Crippen LogP contribution in [0, 0.1) is 5.92 Å². The van der Waals surface area contributed by atoms with Gasteiger partial charge in [-0.3, -0.25) is 0 Å². The summed E-state index contributed by atoms with van der Waals surface area (Å²) in [5.41, 5.74) is 0.880. The lowest BCUT2D eigenvalue weighted by molar-refractivity contribution is -0.274. The van der Waals surface area contributed by atoms with E-state index >= 15 is 0 Å². The molecule has 0 spiro atoms. The van der Waals surface area contributed by atoms with Gasteiger partial charge in [-0.1, -0.05) is 26.0 Å². The number of ether oxygens (including phenoxy) is 1. The van der Waals surface area contributed by atoms with Gasteiger partial charge < -0.3 is 10.1 Å². The van der Waals surface area contributed by atoms with Crippen LogP contribution in [0.2, 0.25) is 0 Å².